The summed E-state index contributed by atoms with van der Waals surface area (Å²) in [5.74, 6) is 0.0963. The first-order valence-electron chi connectivity index (χ1n) is 6.75. The standard InChI is InChI=1S/C15H21NO2S/c1-10-7-8-11(9-13(10)17)15(18)16-12-5-3-4-6-14(12)19-2/h7-9,12,14,17H,3-6H2,1-2H3,(H,16,18). The van der Waals surface area contributed by atoms with Crippen molar-refractivity contribution in [2.75, 3.05) is 6.26 Å². The van der Waals surface area contributed by atoms with Crippen molar-refractivity contribution in [3.05, 3.63) is 29.3 Å². The molecule has 1 aliphatic carbocycles. The van der Waals surface area contributed by atoms with Crippen LogP contribution in [0.4, 0.5) is 0 Å². The Morgan fingerprint density at radius 3 is 2.79 bits per heavy atom. The second-order valence-corrected chi connectivity index (χ2v) is 6.22. The number of aromatic hydroxyl groups is 1. The summed E-state index contributed by atoms with van der Waals surface area (Å²) in [6.45, 7) is 1.82. The molecule has 0 bridgehead atoms. The molecule has 0 aliphatic heterocycles. The Morgan fingerprint density at radius 2 is 2.11 bits per heavy atom. The number of hydrogen-bond acceptors (Lipinski definition) is 3. The van der Waals surface area contributed by atoms with Gasteiger partial charge in [-0.15, -0.1) is 0 Å². The zero-order valence-electron chi connectivity index (χ0n) is 11.5. The Morgan fingerprint density at radius 1 is 1.37 bits per heavy atom. The Bertz CT molecular complexity index is 461. The van der Waals surface area contributed by atoms with Crippen LogP contribution in [0, 0.1) is 6.92 Å². The van der Waals surface area contributed by atoms with Crippen LogP contribution in [-0.4, -0.2) is 28.6 Å². The molecule has 0 radical (unpaired) electrons. The molecule has 2 rings (SSSR count). The van der Waals surface area contributed by atoms with Crippen LogP contribution < -0.4 is 5.32 Å². The van der Waals surface area contributed by atoms with Crippen molar-refractivity contribution >= 4 is 17.7 Å². The fraction of sp³-hybridized carbons (Fsp3) is 0.533. The quantitative estimate of drug-likeness (QED) is 0.894. The number of carbonyl (C=O) groups excluding carboxylic acids is 1. The minimum Gasteiger partial charge on any atom is -0.508 e. The number of thioether (sulfide) groups is 1. The van der Waals surface area contributed by atoms with E-state index >= 15 is 0 Å². The smallest absolute Gasteiger partial charge is 0.251 e. The summed E-state index contributed by atoms with van der Waals surface area (Å²) in [4.78, 5) is 12.2. The fourth-order valence-electron chi connectivity index (χ4n) is 2.55. The lowest BCUT2D eigenvalue weighted by Crippen LogP contribution is -2.43. The highest BCUT2D eigenvalue weighted by molar-refractivity contribution is 7.99. The number of phenolic OH excluding ortho intramolecular Hbond substituents is 1. The molecule has 4 heteroatoms. The topological polar surface area (TPSA) is 49.3 Å². The molecule has 2 unspecified atom stereocenters. The van der Waals surface area contributed by atoms with Gasteiger partial charge in [-0.1, -0.05) is 18.9 Å². The van der Waals surface area contributed by atoms with Crippen LogP contribution in [0.15, 0.2) is 18.2 Å². The zero-order chi connectivity index (χ0) is 13.8. The minimum atomic E-state index is -0.0822. The first-order chi connectivity index (χ1) is 9.11. The summed E-state index contributed by atoms with van der Waals surface area (Å²) in [5, 5.41) is 13.3. The first-order valence-corrected chi connectivity index (χ1v) is 8.04. The van der Waals surface area contributed by atoms with Crippen molar-refractivity contribution in [3.63, 3.8) is 0 Å². The molecule has 1 aromatic rings. The molecule has 1 amide bonds. The second-order valence-electron chi connectivity index (χ2n) is 5.14. The number of hydrogen-bond donors (Lipinski definition) is 2. The lowest BCUT2D eigenvalue weighted by molar-refractivity contribution is 0.0929. The van der Waals surface area contributed by atoms with Crippen LogP contribution in [0.1, 0.15) is 41.6 Å². The van der Waals surface area contributed by atoms with E-state index in [1.807, 2.05) is 18.7 Å². The summed E-state index contributed by atoms with van der Waals surface area (Å²) in [6, 6.07) is 5.33. The fourth-order valence-corrected chi connectivity index (χ4v) is 3.48. The summed E-state index contributed by atoms with van der Waals surface area (Å²) in [5.41, 5.74) is 1.32. The normalized spacial score (nSPS) is 23.1. The van der Waals surface area contributed by atoms with Gasteiger partial charge in [0.25, 0.3) is 5.91 Å². The van der Waals surface area contributed by atoms with Gasteiger partial charge >= 0.3 is 0 Å². The van der Waals surface area contributed by atoms with Crippen LogP contribution in [0.2, 0.25) is 0 Å². The van der Waals surface area contributed by atoms with Crippen LogP contribution in [0.3, 0.4) is 0 Å². The van der Waals surface area contributed by atoms with Crippen LogP contribution in [-0.2, 0) is 0 Å². The predicted molar refractivity (Wildman–Crippen MR) is 79.9 cm³/mol. The van der Waals surface area contributed by atoms with Gasteiger partial charge in [0, 0.05) is 16.9 Å². The van der Waals surface area contributed by atoms with E-state index in [1.54, 1.807) is 18.2 Å². The maximum Gasteiger partial charge on any atom is 0.251 e. The van der Waals surface area contributed by atoms with Gasteiger partial charge in [-0.2, -0.15) is 11.8 Å². The molecule has 0 heterocycles. The lowest BCUT2D eigenvalue weighted by atomic mass is 9.94. The minimum absolute atomic E-state index is 0.0822. The van der Waals surface area contributed by atoms with E-state index in [-0.39, 0.29) is 17.7 Å². The zero-order valence-corrected chi connectivity index (χ0v) is 12.3. The predicted octanol–water partition coefficient (Wildman–Crippen LogP) is 3.10. The average Bonchev–Trinajstić information content (AvgIpc) is 2.42. The van der Waals surface area contributed by atoms with Crippen molar-refractivity contribution in [1.29, 1.82) is 0 Å². The molecular weight excluding hydrogens is 258 g/mol. The van der Waals surface area contributed by atoms with E-state index in [9.17, 15) is 9.90 Å². The van der Waals surface area contributed by atoms with Gasteiger partial charge in [0.2, 0.25) is 0 Å². The molecule has 0 saturated heterocycles. The molecule has 1 aliphatic rings. The molecule has 1 aromatic carbocycles. The number of rotatable bonds is 3. The number of carbonyl (C=O) groups is 1. The third-order valence-electron chi connectivity index (χ3n) is 3.79. The third-order valence-corrected chi connectivity index (χ3v) is 4.96. The van der Waals surface area contributed by atoms with E-state index in [1.165, 1.54) is 19.3 Å². The van der Waals surface area contributed by atoms with Crippen LogP contribution in [0.5, 0.6) is 5.75 Å². The van der Waals surface area contributed by atoms with Crippen molar-refractivity contribution < 1.29 is 9.90 Å². The maximum atomic E-state index is 12.2. The first kappa shape index (κ1) is 14.3. The SMILES string of the molecule is CSC1CCCCC1NC(=O)c1ccc(C)c(O)c1. The molecular formula is C15H21NO2S. The van der Waals surface area contributed by atoms with Gasteiger partial charge in [0.05, 0.1) is 0 Å². The molecule has 0 spiro atoms. The number of aryl methyl sites for hydroxylation is 1. The van der Waals surface area contributed by atoms with Gasteiger partial charge < -0.3 is 10.4 Å². The number of nitrogens with one attached hydrogen (secondary N) is 1. The molecule has 1 saturated carbocycles. The van der Waals surface area contributed by atoms with E-state index in [0.29, 0.717) is 10.8 Å². The molecule has 19 heavy (non-hydrogen) atoms. The van der Waals surface area contributed by atoms with Gasteiger partial charge in [0.1, 0.15) is 5.75 Å². The van der Waals surface area contributed by atoms with Crippen molar-refractivity contribution in [2.24, 2.45) is 0 Å². The van der Waals surface area contributed by atoms with Gasteiger partial charge in [-0.05, 0) is 43.7 Å². The summed E-state index contributed by atoms with van der Waals surface area (Å²) >= 11 is 1.83. The molecule has 104 valence electrons. The van der Waals surface area contributed by atoms with Crippen molar-refractivity contribution in [1.82, 2.24) is 5.32 Å². The highest BCUT2D eigenvalue weighted by Gasteiger charge is 2.26. The van der Waals surface area contributed by atoms with Crippen molar-refractivity contribution in [3.8, 4) is 5.75 Å². The Kier molecular flexibility index (Phi) is 4.75. The molecule has 2 N–H and O–H groups in total. The van der Waals surface area contributed by atoms with Gasteiger partial charge in [-0.3, -0.25) is 4.79 Å². The van der Waals surface area contributed by atoms with Gasteiger partial charge in [-0.25, -0.2) is 0 Å². The summed E-state index contributed by atoms with van der Waals surface area (Å²) in [6.07, 6.45) is 6.76. The highest BCUT2D eigenvalue weighted by atomic mass is 32.2. The molecule has 2 atom stereocenters. The van der Waals surface area contributed by atoms with Crippen LogP contribution >= 0.6 is 11.8 Å². The monoisotopic (exact) mass is 279 g/mol. The number of phenols is 1. The molecule has 3 nitrogen and oxygen atoms in total. The number of benzene rings is 1. The third kappa shape index (κ3) is 3.44. The summed E-state index contributed by atoms with van der Waals surface area (Å²) < 4.78 is 0. The van der Waals surface area contributed by atoms with E-state index < -0.39 is 0 Å². The molecule has 0 aromatic heterocycles. The van der Waals surface area contributed by atoms with E-state index in [4.69, 9.17) is 0 Å². The van der Waals surface area contributed by atoms with Gasteiger partial charge in [0.15, 0.2) is 0 Å². The lowest BCUT2D eigenvalue weighted by Gasteiger charge is -2.31. The second kappa shape index (κ2) is 6.33. The summed E-state index contributed by atoms with van der Waals surface area (Å²) in [7, 11) is 0. The maximum absolute atomic E-state index is 12.2. The number of amides is 1. The largest absolute Gasteiger partial charge is 0.508 e. The molecule has 1 fully saturated rings. The van der Waals surface area contributed by atoms with E-state index in [0.717, 1.165) is 12.0 Å². The van der Waals surface area contributed by atoms with Crippen LogP contribution in [0.25, 0.3) is 0 Å². The Hall–Kier alpha value is -1.16. The Labute approximate surface area is 118 Å². The Balaban J connectivity index is 2.05. The van der Waals surface area contributed by atoms with E-state index in [2.05, 4.69) is 11.6 Å². The van der Waals surface area contributed by atoms with Crippen molar-refractivity contribution in [2.45, 2.75) is 43.9 Å². The highest BCUT2D eigenvalue weighted by Crippen LogP contribution is 2.27. The average molecular weight is 279 g/mol.